The number of methoxy groups -OCH3 is 1. The summed E-state index contributed by atoms with van der Waals surface area (Å²) in [6, 6.07) is 3.26. The van der Waals surface area contributed by atoms with Gasteiger partial charge < -0.3 is 14.8 Å². The Labute approximate surface area is 80.5 Å². The summed E-state index contributed by atoms with van der Waals surface area (Å²) in [4.78, 5) is 0. The van der Waals surface area contributed by atoms with Crippen LogP contribution in [0, 0.1) is 0 Å². The monoisotopic (exact) mass is 192 g/mol. The van der Waals surface area contributed by atoms with Gasteiger partial charge in [0.2, 0.25) is 0 Å². The quantitative estimate of drug-likeness (QED) is 0.547. The van der Waals surface area contributed by atoms with Crippen molar-refractivity contribution < 1.29 is 14.8 Å². The van der Waals surface area contributed by atoms with E-state index in [1.807, 2.05) is 0 Å². The van der Waals surface area contributed by atoms with Crippen molar-refractivity contribution in [2.75, 3.05) is 7.11 Å². The first-order valence-corrected chi connectivity index (χ1v) is 4.10. The van der Waals surface area contributed by atoms with Crippen LogP contribution in [0.3, 0.4) is 0 Å². The smallest absolute Gasteiger partial charge is 0.490 e. The van der Waals surface area contributed by atoms with Crippen molar-refractivity contribution >= 4 is 23.5 Å². The molecular formula is C8H9BN2O3. The van der Waals surface area contributed by atoms with E-state index in [1.54, 1.807) is 25.4 Å². The van der Waals surface area contributed by atoms with Crippen molar-refractivity contribution in [3.05, 3.63) is 18.3 Å². The number of aromatic amines is 1. The molecule has 0 spiro atoms. The lowest BCUT2D eigenvalue weighted by Crippen LogP contribution is -2.30. The second-order valence-electron chi connectivity index (χ2n) is 2.89. The molecule has 6 heteroatoms. The van der Waals surface area contributed by atoms with Crippen molar-refractivity contribution in [1.29, 1.82) is 0 Å². The minimum absolute atomic E-state index is 0.387. The summed E-state index contributed by atoms with van der Waals surface area (Å²) < 4.78 is 5.10. The molecule has 0 aliphatic rings. The summed E-state index contributed by atoms with van der Waals surface area (Å²) in [5, 5.41) is 25.4. The van der Waals surface area contributed by atoms with Gasteiger partial charge in [-0.2, -0.15) is 5.10 Å². The lowest BCUT2D eigenvalue weighted by atomic mass is 9.79. The molecule has 0 aliphatic carbocycles. The van der Waals surface area contributed by atoms with Crippen molar-refractivity contribution in [3.63, 3.8) is 0 Å². The Morgan fingerprint density at radius 3 is 2.86 bits per heavy atom. The van der Waals surface area contributed by atoms with Crippen LogP contribution >= 0.6 is 0 Å². The van der Waals surface area contributed by atoms with E-state index in [4.69, 9.17) is 14.8 Å². The molecule has 1 heterocycles. The van der Waals surface area contributed by atoms with Gasteiger partial charge in [0.1, 0.15) is 5.75 Å². The van der Waals surface area contributed by atoms with E-state index in [0.717, 1.165) is 5.39 Å². The maximum atomic E-state index is 9.07. The second kappa shape index (κ2) is 3.32. The number of ether oxygens (including phenoxy) is 1. The van der Waals surface area contributed by atoms with Gasteiger partial charge >= 0.3 is 7.12 Å². The molecule has 1 aromatic heterocycles. The highest BCUT2D eigenvalue weighted by molar-refractivity contribution is 6.61. The molecule has 0 unspecified atom stereocenters. The van der Waals surface area contributed by atoms with Gasteiger partial charge in [0.25, 0.3) is 0 Å². The molecule has 0 radical (unpaired) electrons. The van der Waals surface area contributed by atoms with Gasteiger partial charge in [-0.3, -0.25) is 5.10 Å². The second-order valence-corrected chi connectivity index (χ2v) is 2.89. The molecule has 5 nitrogen and oxygen atoms in total. The molecule has 0 amide bonds. The van der Waals surface area contributed by atoms with Crippen molar-refractivity contribution in [3.8, 4) is 5.75 Å². The highest BCUT2D eigenvalue weighted by Crippen LogP contribution is 2.21. The predicted molar refractivity (Wildman–Crippen MR) is 52.5 cm³/mol. The van der Waals surface area contributed by atoms with Crippen molar-refractivity contribution in [2.24, 2.45) is 0 Å². The molecule has 2 aromatic rings. The van der Waals surface area contributed by atoms with E-state index in [-0.39, 0.29) is 0 Å². The normalized spacial score (nSPS) is 10.5. The third-order valence-electron chi connectivity index (χ3n) is 2.11. The van der Waals surface area contributed by atoms with Crippen LogP contribution in [0.25, 0.3) is 10.9 Å². The van der Waals surface area contributed by atoms with Gasteiger partial charge in [0.15, 0.2) is 0 Å². The zero-order valence-corrected chi connectivity index (χ0v) is 7.56. The van der Waals surface area contributed by atoms with Crippen LogP contribution in [0.1, 0.15) is 0 Å². The van der Waals surface area contributed by atoms with Crippen LogP contribution in [0.2, 0.25) is 0 Å². The summed E-state index contributed by atoms with van der Waals surface area (Å²) in [6.45, 7) is 0. The average molecular weight is 192 g/mol. The van der Waals surface area contributed by atoms with Crippen molar-refractivity contribution in [1.82, 2.24) is 10.2 Å². The SMILES string of the molecule is COc1ccc(B(O)O)c2[nH]ncc12. The topological polar surface area (TPSA) is 78.4 Å². The van der Waals surface area contributed by atoms with Gasteiger partial charge in [-0.15, -0.1) is 0 Å². The Hall–Kier alpha value is -1.53. The lowest BCUT2D eigenvalue weighted by molar-refractivity contribution is 0.419. The number of rotatable bonds is 2. The van der Waals surface area contributed by atoms with Crippen molar-refractivity contribution in [2.45, 2.75) is 0 Å². The molecule has 0 saturated heterocycles. The number of nitrogens with one attached hydrogen (secondary N) is 1. The number of nitrogens with zero attached hydrogens (tertiary/aromatic N) is 1. The first kappa shape index (κ1) is 9.05. The molecule has 72 valence electrons. The van der Waals surface area contributed by atoms with Gasteiger partial charge in [0, 0.05) is 5.46 Å². The number of aromatic nitrogens is 2. The summed E-state index contributed by atoms with van der Waals surface area (Å²) in [5.74, 6) is 0.651. The van der Waals surface area contributed by atoms with E-state index in [2.05, 4.69) is 10.2 Å². The fraction of sp³-hybridized carbons (Fsp3) is 0.125. The van der Waals surface area contributed by atoms with Crippen LogP contribution in [0.5, 0.6) is 5.75 Å². The van der Waals surface area contributed by atoms with E-state index in [0.29, 0.717) is 16.7 Å². The molecule has 1 aromatic carbocycles. The van der Waals surface area contributed by atoms with E-state index >= 15 is 0 Å². The van der Waals surface area contributed by atoms with E-state index in [9.17, 15) is 0 Å². The third kappa shape index (κ3) is 1.25. The van der Waals surface area contributed by atoms with Gasteiger partial charge in [-0.05, 0) is 6.07 Å². The fourth-order valence-electron chi connectivity index (χ4n) is 1.42. The Morgan fingerprint density at radius 2 is 2.21 bits per heavy atom. The minimum atomic E-state index is -1.51. The Kier molecular flexibility index (Phi) is 2.15. The summed E-state index contributed by atoms with van der Waals surface area (Å²) in [5.41, 5.74) is 0.970. The zero-order chi connectivity index (χ0) is 10.1. The summed E-state index contributed by atoms with van der Waals surface area (Å²) in [7, 11) is 0.0421. The maximum Gasteiger partial charge on any atom is 0.490 e. The maximum absolute atomic E-state index is 9.07. The Balaban J connectivity index is 2.72. The zero-order valence-electron chi connectivity index (χ0n) is 7.56. The number of H-pyrrole nitrogens is 1. The van der Waals surface area contributed by atoms with Crippen LogP contribution < -0.4 is 10.2 Å². The largest absolute Gasteiger partial charge is 0.496 e. The highest BCUT2D eigenvalue weighted by atomic mass is 16.5. The molecule has 0 atom stereocenters. The van der Waals surface area contributed by atoms with E-state index in [1.165, 1.54) is 0 Å². The molecule has 3 N–H and O–H groups in total. The predicted octanol–water partition coefficient (Wildman–Crippen LogP) is -0.749. The number of fused-ring (bicyclic) bond motifs is 1. The molecule has 14 heavy (non-hydrogen) atoms. The highest BCUT2D eigenvalue weighted by Gasteiger charge is 2.17. The average Bonchev–Trinajstić information content (AvgIpc) is 2.64. The molecule has 0 bridgehead atoms. The van der Waals surface area contributed by atoms with Crippen LogP contribution in [-0.4, -0.2) is 34.5 Å². The first-order valence-electron chi connectivity index (χ1n) is 4.10. The third-order valence-corrected chi connectivity index (χ3v) is 2.11. The fourth-order valence-corrected chi connectivity index (χ4v) is 1.42. The van der Waals surface area contributed by atoms with Gasteiger partial charge in [-0.1, -0.05) is 6.07 Å². The molecule has 2 rings (SSSR count). The number of hydrogen-bond donors (Lipinski definition) is 3. The minimum Gasteiger partial charge on any atom is -0.496 e. The number of benzene rings is 1. The van der Waals surface area contributed by atoms with Crippen LogP contribution in [0.4, 0.5) is 0 Å². The molecule has 0 fully saturated rings. The first-order chi connectivity index (χ1) is 6.74. The van der Waals surface area contributed by atoms with Crippen LogP contribution in [-0.2, 0) is 0 Å². The molecule has 0 aliphatic heterocycles. The Bertz CT molecular complexity index is 455. The van der Waals surface area contributed by atoms with Gasteiger partial charge in [-0.25, -0.2) is 0 Å². The molecule has 0 saturated carbocycles. The summed E-state index contributed by atoms with van der Waals surface area (Å²) >= 11 is 0. The number of hydrogen-bond acceptors (Lipinski definition) is 4. The molecular weight excluding hydrogens is 183 g/mol. The Morgan fingerprint density at radius 1 is 1.43 bits per heavy atom. The van der Waals surface area contributed by atoms with Crippen LogP contribution in [0.15, 0.2) is 18.3 Å². The lowest BCUT2D eigenvalue weighted by Gasteiger charge is -2.04. The standard InChI is InChI=1S/C8H9BN2O3/c1-14-7-3-2-6(9(12)13)8-5(7)4-10-11-8/h2-4,12-13H,1H3,(H,10,11). The van der Waals surface area contributed by atoms with Gasteiger partial charge in [0.05, 0.1) is 24.2 Å². The van der Waals surface area contributed by atoms with E-state index < -0.39 is 7.12 Å². The summed E-state index contributed by atoms with van der Waals surface area (Å²) in [6.07, 6.45) is 1.58.